The molecule has 2 rings (SSSR count). The molecule has 0 fully saturated rings. The van der Waals surface area contributed by atoms with Crippen molar-refractivity contribution in [1.29, 1.82) is 0 Å². The predicted molar refractivity (Wildman–Crippen MR) is 83.1 cm³/mol. The van der Waals surface area contributed by atoms with Gasteiger partial charge in [-0.25, -0.2) is 0 Å². The van der Waals surface area contributed by atoms with Crippen molar-refractivity contribution < 1.29 is 4.79 Å². The molecule has 2 nitrogen and oxygen atoms in total. The van der Waals surface area contributed by atoms with Gasteiger partial charge < -0.3 is 5.73 Å². The summed E-state index contributed by atoms with van der Waals surface area (Å²) in [6.45, 7) is 0. The maximum Gasteiger partial charge on any atom is 0.167 e. The molecule has 0 saturated carbocycles. The van der Waals surface area contributed by atoms with E-state index in [-0.39, 0.29) is 12.2 Å². The normalized spacial score (nSPS) is 10.5. The Labute approximate surface area is 129 Å². The molecule has 0 aliphatic carbocycles. The van der Waals surface area contributed by atoms with Gasteiger partial charge >= 0.3 is 0 Å². The molecule has 0 amide bonds. The topological polar surface area (TPSA) is 43.1 Å². The van der Waals surface area contributed by atoms with E-state index >= 15 is 0 Å². The van der Waals surface area contributed by atoms with Gasteiger partial charge in [-0.3, -0.25) is 4.79 Å². The molecule has 0 aromatic heterocycles. The van der Waals surface area contributed by atoms with Crippen LogP contribution in [-0.2, 0) is 6.42 Å². The van der Waals surface area contributed by atoms with E-state index < -0.39 is 0 Å². The fourth-order valence-corrected chi connectivity index (χ4v) is 2.61. The Morgan fingerprint density at radius 1 is 1.16 bits per heavy atom. The predicted octanol–water partition coefficient (Wildman–Crippen LogP) is 4.76. The number of hydrogen-bond acceptors (Lipinski definition) is 2. The number of nitrogen functional groups attached to an aromatic ring is 1. The molecule has 0 bridgehead atoms. The molecule has 0 spiro atoms. The number of hydrogen-bond donors (Lipinski definition) is 1. The van der Waals surface area contributed by atoms with Crippen LogP contribution in [-0.4, -0.2) is 5.78 Å². The van der Waals surface area contributed by atoms with E-state index in [1.807, 2.05) is 24.3 Å². The third-order valence-corrected chi connectivity index (χ3v) is 3.77. The van der Waals surface area contributed by atoms with Crippen molar-refractivity contribution >= 4 is 50.6 Å². The van der Waals surface area contributed by atoms with E-state index in [0.717, 1.165) is 10.0 Å². The molecule has 0 aliphatic heterocycles. The van der Waals surface area contributed by atoms with E-state index in [0.29, 0.717) is 21.3 Å². The van der Waals surface area contributed by atoms with Crippen LogP contribution in [0.15, 0.2) is 40.9 Å². The molecule has 2 aromatic rings. The first kappa shape index (κ1) is 14.4. The highest BCUT2D eigenvalue weighted by molar-refractivity contribution is 9.10. The summed E-state index contributed by atoms with van der Waals surface area (Å²) in [6, 6.07) is 10.7. The van der Waals surface area contributed by atoms with Crippen molar-refractivity contribution in [2.45, 2.75) is 6.42 Å². The van der Waals surface area contributed by atoms with Crippen LogP contribution in [0.5, 0.6) is 0 Å². The Balaban J connectivity index is 2.25. The summed E-state index contributed by atoms with van der Waals surface area (Å²) >= 11 is 15.2. The van der Waals surface area contributed by atoms with Crippen LogP contribution in [0.2, 0.25) is 10.0 Å². The average Bonchev–Trinajstić information content (AvgIpc) is 2.35. The number of benzene rings is 2. The lowest BCUT2D eigenvalue weighted by atomic mass is 10.0. The number of carbonyl (C=O) groups is 1. The largest absolute Gasteiger partial charge is 0.396 e. The lowest BCUT2D eigenvalue weighted by Gasteiger charge is -2.06. The van der Waals surface area contributed by atoms with E-state index in [2.05, 4.69) is 15.9 Å². The summed E-state index contributed by atoms with van der Waals surface area (Å²) < 4.78 is 0.936. The van der Waals surface area contributed by atoms with Gasteiger partial charge in [-0.1, -0.05) is 51.3 Å². The van der Waals surface area contributed by atoms with Gasteiger partial charge in [0.25, 0.3) is 0 Å². The molecular weight excluding hydrogens is 349 g/mol. The van der Waals surface area contributed by atoms with Gasteiger partial charge in [0.1, 0.15) is 0 Å². The van der Waals surface area contributed by atoms with Gasteiger partial charge in [0, 0.05) is 16.5 Å². The quantitative estimate of drug-likeness (QED) is 0.634. The first-order valence-electron chi connectivity index (χ1n) is 5.49. The van der Waals surface area contributed by atoms with E-state index in [1.54, 1.807) is 12.1 Å². The maximum absolute atomic E-state index is 12.2. The fourth-order valence-electron chi connectivity index (χ4n) is 1.68. The van der Waals surface area contributed by atoms with Crippen LogP contribution in [0.25, 0.3) is 0 Å². The second kappa shape index (κ2) is 5.95. The van der Waals surface area contributed by atoms with Crippen molar-refractivity contribution in [2.75, 3.05) is 5.73 Å². The van der Waals surface area contributed by atoms with Crippen molar-refractivity contribution in [2.24, 2.45) is 0 Å². The number of rotatable bonds is 3. The zero-order valence-electron chi connectivity index (χ0n) is 9.79. The van der Waals surface area contributed by atoms with Gasteiger partial charge in [0.15, 0.2) is 5.78 Å². The summed E-state index contributed by atoms with van der Waals surface area (Å²) in [5.74, 6) is -0.0538. The van der Waals surface area contributed by atoms with Crippen LogP contribution in [0.1, 0.15) is 15.9 Å². The zero-order chi connectivity index (χ0) is 14.0. The van der Waals surface area contributed by atoms with Crippen molar-refractivity contribution in [3.63, 3.8) is 0 Å². The SMILES string of the molecule is Nc1c(Cl)cc(C(=O)Cc2cccc(Br)c2)cc1Cl. The first-order valence-corrected chi connectivity index (χ1v) is 7.04. The molecule has 0 radical (unpaired) electrons. The lowest BCUT2D eigenvalue weighted by molar-refractivity contribution is 0.0993. The molecule has 98 valence electrons. The highest BCUT2D eigenvalue weighted by Crippen LogP contribution is 2.29. The fraction of sp³-hybridized carbons (Fsp3) is 0.0714. The Kier molecular flexibility index (Phi) is 4.50. The molecule has 0 heterocycles. The number of ketones is 1. The minimum absolute atomic E-state index is 0.0538. The molecular formula is C14H10BrCl2NO. The summed E-state index contributed by atoms with van der Waals surface area (Å²) in [5.41, 5.74) is 7.32. The highest BCUT2D eigenvalue weighted by Gasteiger charge is 2.12. The number of carbonyl (C=O) groups excluding carboxylic acids is 1. The average molecular weight is 359 g/mol. The van der Waals surface area contributed by atoms with Gasteiger partial charge in [0.2, 0.25) is 0 Å². The zero-order valence-corrected chi connectivity index (χ0v) is 12.9. The van der Waals surface area contributed by atoms with Crippen molar-refractivity contribution in [3.05, 3.63) is 62.0 Å². The highest BCUT2D eigenvalue weighted by atomic mass is 79.9. The molecule has 0 aliphatic rings. The molecule has 5 heteroatoms. The van der Waals surface area contributed by atoms with Crippen LogP contribution in [0.3, 0.4) is 0 Å². The standard InChI is InChI=1S/C14H10BrCl2NO/c15-10-3-1-2-8(4-10)5-13(19)9-6-11(16)14(18)12(17)7-9/h1-4,6-7H,5,18H2. The molecule has 0 saturated heterocycles. The number of anilines is 1. The summed E-state index contributed by atoms with van der Waals surface area (Å²) in [7, 11) is 0. The number of Topliss-reactive ketones (excluding diaryl/α,β-unsaturated/α-hetero) is 1. The van der Waals surface area contributed by atoms with Gasteiger partial charge in [0.05, 0.1) is 15.7 Å². The first-order chi connectivity index (χ1) is 8.97. The summed E-state index contributed by atoms with van der Waals surface area (Å²) in [6.07, 6.45) is 0.288. The minimum atomic E-state index is -0.0538. The monoisotopic (exact) mass is 357 g/mol. The van der Waals surface area contributed by atoms with Gasteiger partial charge in [-0.05, 0) is 29.8 Å². The van der Waals surface area contributed by atoms with Crippen molar-refractivity contribution in [1.82, 2.24) is 0 Å². The van der Waals surface area contributed by atoms with E-state index in [9.17, 15) is 4.79 Å². The number of halogens is 3. The Bertz CT molecular complexity index is 620. The Hall–Kier alpha value is -1.03. The van der Waals surface area contributed by atoms with Crippen LogP contribution >= 0.6 is 39.1 Å². The maximum atomic E-state index is 12.2. The van der Waals surface area contributed by atoms with Gasteiger partial charge in [-0.15, -0.1) is 0 Å². The van der Waals surface area contributed by atoms with Crippen LogP contribution < -0.4 is 5.73 Å². The molecule has 2 N–H and O–H groups in total. The Morgan fingerprint density at radius 3 is 2.37 bits per heavy atom. The second-order valence-corrected chi connectivity index (χ2v) is 5.81. The van der Waals surface area contributed by atoms with Crippen LogP contribution in [0, 0.1) is 0 Å². The third kappa shape index (κ3) is 3.50. The second-order valence-electron chi connectivity index (χ2n) is 4.08. The third-order valence-electron chi connectivity index (χ3n) is 2.65. The molecule has 0 atom stereocenters. The van der Waals surface area contributed by atoms with E-state index in [1.165, 1.54) is 0 Å². The Morgan fingerprint density at radius 2 is 1.79 bits per heavy atom. The van der Waals surface area contributed by atoms with Gasteiger partial charge in [-0.2, -0.15) is 0 Å². The summed E-state index contributed by atoms with van der Waals surface area (Å²) in [5, 5.41) is 0.593. The molecule has 2 aromatic carbocycles. The van der Waals surface area contributed by atoms with Crippen LogP contribution in [0.4, 0.5) is 5.69 Å². The van der Waals surface area contributed by atoms with Crippen molar-refractivity contribution in [3.8, 4) is 0 Å². The minimum Gasteiger partial charge on any atom is -0.396 e. The summed E-state index contributed by atoms with van der Waals surface area (Å²) in [4.78, 5) is 12.2. The smallest absolute Gasteiger partial charge is 0.167 e. The lowest BCUT2D eigenvalue weighted by Crippen LogP contribution is -2.04. The van der Waals surface area contributed by atoms with E-state index in [4.69, 9.17) is 28.9 Å². The molecule has 19 heavy (non-hydrogen) atoms. The number of nitrogens with two attached hydrogens (primary N) is 1. The molecule has 0 unspecified atom stereocenters.